The third-order valence-electron chi connectivity index (χ3n) is 3.38. The molecule has 0 amide bonds. The van der Waals surface area contributed by atoms with Crippen LogP contribution in [0, 0.1) is 5.82 Å². The Morgan fingerprint density at radius 2 is 2.00 bits per heavy atom. The molecular formula is C18H21ClFNO. The van der Waals surface area contributed by atoms with Crippen LogP contribution in [0.15, 0.2) is 42.5 Å². The Bertz CT molecular complexity index is 583. The molecule has 0 fully saturated rings. The van der Waals surface area contributed by atoms with Crippen molar-refractivity contribution in [1.82, 2.24) is 5.32 Å². The maximum Gasteiger partial charge on any atom is 0.131 e. The Hall–Kier alpha value is -1.58. The molecule has 118 valence electrons. The van der Waals surface area contributed by atoms with Crippen molar-refractivity contribution >= 4 is 11.6 Å². The monoisotopic (exact) mass is 321 g/mol. The standard InChI is InChI=1S/C18H21ClFNO/c1-2-3-10-21-12-14-6-4-7-15(11-14)22-13-16-17(19)8-5-9-18(16)20/h4-9,11,21H,2-3,10,12-13H2,1H3. The van der Waals surface area contributed by atoms with Gasteiger partial charge in [0.2, 0.25) is 0 Å². The van der Waals surface area contributed by atoms with Gasteiger partial charge in [-0.05, 0) is 42.8 Å². The van der Waals surface area contributed by atoms with E-state index in [9.17, 15) is 4.39 Å². The van der Waals surface area contributed by atoms with E-state index in [-0.39, 0.29) is 12.4 Å². The Balaban J connectivity index is 1.93. The third kappa shape index (κ3) is 5.00. The van der Waals surface area contributed by atoms with Crippen molar-refractivity contribution in [2.75, 3.05) is 6.54 Å². The number of rotatable bonds is 8. The van der Waals surface area contributed by atoms with Crippen molar-refractivity contribution in [3.05, 3.63) is 64.4 Å². The van der Waals surface area contributed by atoms with Gasteiger partial charge in [-0.2, -0.15) is 0 Å². The first-order valence-electron chi connectivity index (χ1n) is 7.56. The average molecular weight is 322 g/mol. The molecule has 0 saturated carbocycles. The summed E-state index contributed by atoms with van der Waals surface area (Å²) >= 11 is 6.00. The lowest BCUT2D eigenvalue weighted by Gasteiger charge is -2.10. The second-order valence-electron chi connectivity index (χ2n) is 5.17. The fraction of sp³-hybridized carbons (Fsp3) is 0.333. The highest BCUT2D eigenvalue weighted by molar-refractivity contribution is 6.31. The number of hydrogen-bond donors (Lipinski definition) is 1. The van der Waals surface area contributed by atoms with E-state index in [0.29, 0.717) is 16.3 Å². The summed E-state index contributed by atoms with van der Waals surface area (Å²) in [7, 11) is 0. The van der Waals surface area contributed by atoms with E-state index in [1.807, 2.05) is 24.3 Å². The molecule has 1 N–H and O–H groups in total. The SMILES string of the molecule is CCCCNCc1cccc(OCc2c(F)cccc2Cl)c1. The van der Waals surface area contributed by atoms with Gasteiger partial charge in [0.1, 0.15) is 18.2 Å². The maximum atomic E-state index is 13.7. The summed E-state index contributed by atoms with van der Waals surface area (Å²) in [6.07, 6.45) is 2.35. The van der Waals surface area contributed by atoms with Gasteiger partial charge in [-0.3, -0.25) is 0 Å². The smallest absolute Gasteiger partial charge is 0.131 e. The summed E-state index contributed by atoms with van der Waals surface area (Å²) in [6.45, 7) is 4.10. The highest BCUT2D eigenvalue weighted by Gasteiger charge is 2.07. The van der Waals surface area contributed by atoms with E-state index in [2.05, 4.69) is 12.2 Å². The largest absolute Gasteiger partial charge is 0.489 e. The van der Waals surface area contributed by atoms with Crippen LogP contribution in [0.25, 0.3) is 0 Å². The van der Waals surface area contributed by atoms with Gasteiger partial charge in [0, 0.05) is 12.1 Å². The average Bonchev–Trinajstić information content (AvgIpc) is 2.52. The number of unbranched alkanes of at least 4 members (excludes halogenated alkanes) is 1. The first-order valence-corrected chi connectivity index (χ1v) is 7.94. The molecule has 0 aliphatic rings. The Kier molecular flexibility index (Phi) is 6.69. The normalized spacial score (nSPS) is 10.7. The molecule has 0 aromatic heterocycles. The van der Waals surface area contributed by atoms with Gasteiger partial charge in [0.15, 0.2) is 0 Å². The molecule has 0 bridgehead atoms. The number of benzene rings is 2. The number of ether oxygens (including phenoxy) is 1. The fourth-order valence-corrected chi connectivity index (χ4v) is 2.32. The molecular weight excluding hydrogens is 301 g/mol. The van der Waals surface area contributed by atoms with Crippen molar-refractivity contribution in [2.24, 2.45) is 0 Å². The fourth-order valence-electron chi connectivity index (χ4n) is 2.11. The van der Waals surface area contributed by atoms with Crippen LogP contribution in [0.5, 0.6) is 5.75 Å². The zero-order chi connectivity index (χ0) is 15.8. The molecule has 0 atom stereocenters. The van der Waals surface area contributed by atoms with E-state index in [4.69, 9.17) is 16.3 Å². The molecule has 0 aliphatic heterocycles. The lowest BCUT2D eigenvalue weighted by atomic mass is 10.2. The van der Waals surface area contributed by atoms with Gasteiger partial charge < -0.3 is 10.1 Å². The predicted molar refractivity (Wildman–Crippen MR) is 88.8 cm³/mol. The van der Waals surface area contributed by atoms with Crippen LogP contribution >= 0.6 is 11.6 Å². The topological polar surface area (TPSA) is 21.3 Å². The molecule has 2 aromatic carbocycles. The van der Waals surface area contributed by atoms with Gasteiger partial charge >= 0.3 is 0 Å². The summed E-state index contributed by atoms with van der Waals surface area (Å²) in [6, 6.07) is 12.5. The summed E-state index contributed by atoms with van der Waals surface area (Å²) in [5.74, 6) is 0.374. The zero-order valence-electron chi connectivity index (χ0n) is 12.7. The maximum absolute atomic E-state index is 13.7. The second kappa shape index (κ2) is 8.76. The van der Waals surface area contributed by atoms with Crippen LogP contribution < -0.4 is 10.1 Å². The molecule has 4 heteroatoms. The van der Waals surface area contributed by atoms with Crippen molar-refractivity contribution in [3.63, 3.8) is 0 Å². The molecule has 0 saturated heterocycles. The molecule has 0 radical (unpaired) electrons. The summed E-state index contributed by atoms with van der Waals surface area (Å²) < 4.78 is 19.4. The summed E-state index contributed by atoms with van der Waals surface area (Å²) in [4.78, 5) is 0. The van der Waals surface area contributed by atoms with E-state index < -0.39 is 0 Å². The highest BCUT2D eigenvalue weighted by Crippen LogP contribution is 2.22. The molecule has 2 nitrogen and oxygen atoms in total. The number of hydrogen-bond acceptors (Lipinski definition) is 2. The lowest BCUT2D eigenvalue weighted by molar-refractivity contribution is 0.299. The number of halogens is 2. The molecule has 0 heterocycles. The third-order valence-corrected chi connectivity index (χ3v) is 3.73. The Morgan fingerprint density at radius 3 is 2.77 bits per heavy atom. The van der Waals surface area contributed by atoms with E-state index in [1.54, 1.807) is 12.1 Å². The van der Waals surface area contributed by atoms with Gasteiger partial charge in [-0.25, -0.2) is 4.39 Å². The van der Waals surface area contributed by atoms with Crippen molar-refractivity contribution < 1.29 is 9.13 Å². The Morgan fingerprint density at radius 1 is 1.18 bits per heavy atom. The van der Waals surface area contributed by atoms with Gasteiger partial charge in [-0.15, -0.1) is 0 Å². The van der Waals surface area contributed by atoms with Gasteiger partial charge in [0.05, 0.1) is 5.02 Å². The minimum atomic E-state index is -0.343. The zero-order valence-corrected chi connectivity index (χ0v) is 13.5. The van der Waals surface area contributed by atoms with Crippen molar-refractivity contribution in [2.45, 2.75) is 32.9 Å². The van der Waals surface area contributed by atoms with Crippen LogP contribution in [0.3, 0.4) is 0 Å². The van der Waals surface area contributed by atoms with E-state index in [0.717, 1.165) is 18.7 Å². The number of nitrogens with one attached hydrogen (secondary N) is 1. The molecule has 2 rings (SSSR count). The molecule has 0 spiro atoms. The molecule has 0 aliphatic carbocycles. The van der Waals surface area contributed by atoms with Crippen LogP contribution in [0.1, 0.15) is 30.9 Å². The Labute approximate surface area is 136 Å². The van der Waals surface area contributed by atoms with Crippen molar-refractivity contribution in [3.8, 4) is 5.75 Å². The van der Waals surface area contributed by atoms with Crippen LogP contribution in [-0.4, -0.2) is 6.54 Å². The highest BCUT2D eigenvalue weighted by atomic mass is 35.5. The summed E-state index contributed by atoms with van der Waals surface area (Å²) in [5.41, 5.74) is 1.53. The van der Waals surface area contributed by atoms with Crippen LogP contribution in [-0.2, 0) is 13.2 Å². The molecule has 22 heavy (non-hydrogen) atoms. The van der Waals surface area contributed by atoms with Crippen molar-refractivity contribution in [1.29, 1.82) is 0 Å². The van der Waals surface area contributed by atoms with Crippen LogP contribution in [0.4, 0.5) is 4.39 Å². The van der Waals surface area contributed by atoms with Crippen LogP contribution in [0.2, 0.25) is 5.02 Å². The van der Waals surface area contributed by atoms with E-state index >= 15 is 0 Å². The minimum Gasteiger partial charge on any atom is -0.489 e. The predicted octanol–water partition coefficient (Wildman–Crippen LogP) is 4.95. The lowest BCUT2D eigenvalue weighted by Crippen LogP contribution is -2.14. The van der Waals surface area contributed by atoms with Gasteiger partial charge in [-0.1, -0.05) is 43.1 Å². The molecule has 0 unspecified atom stereocenters. The first-order chi connectivity index (χ1) is 10.7. The summed E-state index contributed by atoms with van der Waals surface area (Å²) in [5, 5.41) is 3.77. The van der Waals surface area contributed by atoms with Gasteiger partial charge in [0.25, 0.3) is 0 Å². The first kappa shape index (κ1) is 16.8. The molecule has 2 aromatic rings. The quantitative estimate of drug-likeness (QED) is 0.695. The minimum absolute atomic E-state index is 0.123. The van der Waals surface area contributed by atoms with E-state index in [1.165, 1.54) is 18.9 Å². The second-order valence-corrected chi connectivity index (χ2v) is 5.57.